The fraction of sp³-hybridized carbons (Fsp3) is 0.267. The average molecular weight is 364 g/mol. The fourth-order valence-electron chi connectivity index (χ4n) is 2.71. The van der Waals surface area contributed by atoms with E-state index in [4.69, 9.17) is 16.3 Å². The Morgan fingerprint density at radius 2 is 2.28 bits per heavy atom. The zero-order valence-electron chi connectivity index (χ0n) is 13.4. The van der Waals surface area contributed by atoms with Gasteiger partial charge in [-0.25, -0.2) is 9.48 Å². The first-order valence-electron chi connectivity index (χ1n) is 7.42. The molecule has 0 saturated carbocycles. The summed E-state index contributed by atoms with van der Waals surface area (Å²) in [6, 6.07) is 3.65. The number of allylic oxidation sites excluding steroid dienone is 1. The lowest BCUT2D eigenvalue weighted by molar-refractivity contribution is -0.384. The first-order chi connectivity index (χ1) is 11.9. The molecule has 1 N–H and O–H groups in total. The maximum absolute atomic E-state index is 12.5. The van der Waals surface area contributed by atoms with E-state index in [-0.39, 0.29) is 17.3 Å². The van der Waals surface area contributed by atoms with Crippen LogP contribution >= 0.6 is 11.6 Å². The zero-order chi connectivity index (χ0) is 18.1. The number of nitrogens with zero attached hydrogens (tertiary/aromatic N) is 4. The standard InChI is InChI=1S/C15H14ClN5O4/c1-3-25-14(22)12-8(2)19-15-17-7-18-20(15)13(12)9-4-5-10(16)11(6-9)21(23)24/h4-7,13H,3H2,1-2H3,(H,17,18,19). The molecule has 1 aromatic carbocycles. The largest absolute Gasteiger partial charge is 0.463 e. The van der Waals surface area contributed by atoms with Gasteiger partial charge in [0.1, 0.15) is 17.4 Å². The molecular weight excluding hydrogens is 350 g/mol. The normalized spacial score (nSPS) is 16.2. The summed E-state index contributed by atoms with van der Waals surface area (Å²) in [5, 5.41) is 18.3. The molecule has 1 aromatic heterocycles. The van der Waals surface area contributed by atoms with Crippen molar-refractivity contribution < 1.29 is 14.5 Å². The topological polar surface area (TPSA) is 112 Å². The van der Waals surface area contributed by atoms with Gasteiger partial charge in [0.05, 0.1) is 17.1 Å². The number of halogens is 1. The van der Waals surface area contributed by atoms with Gasteiger partial charge in [0, 0.05) is 11.8 Å². The lowest BCUT2D eigenvalue weighted by atomic mass is 9.95. The van der Waals surface area contributed by atoms with Gasteiger partial charge < -0.3 is 10.1 Å². The van der Waals surface area contributed by atoms with Gasteiger partial charge in [-0.05, 0) is 25.5 Å². The molecule has 0 saturated heterocycles. The predicted octanol–water partition coefficient (Wildman–Crippen LogP) is 2.69. The number of fused-ring (bicyclic) bond motifs is 1. The zero-order valence-corrected chi connectivity index (χ0v) is 14.1. The van der Waals surface area contributed by atoms with E-state index in [1.165, 1.54) is 23.1 Å². The van der Waals surface area contributed by atoms with E-state index in [9.17, 15) is 14.9 Å². The summed E-state index contributed by atoms with van der Waals surface area (Å²) in [6.45, 7) is 3.61. The van der Waals surface area contributed by atoms with Crippen molar-refractivity contribution in [3.8, 4) is 0 Å². The number of benzene rings is 1. The molecule has 3 rings (SSSR count). The number of carbonyl (C=O) groups excluding carboxylic acids is 1. The number of nitro benzene ring substituents is 1. The highest BCUT2D eigenvalue weighted by Crippen LogP contribution is 2.37. The van der Waals surface area contributed by atoms with Crippen molar-refractivity contribution in [3.05, 3.63) is 56.5 Å². The van der Waals surface area contributed by atoms with Crippen molar-refractivity contribution in [2.75, 3.05) is 11.9 Å². The Morgan fingerprint density at radius 1 is 1.52 bits per heavy atom. The fourth-order valence-corrected chi connectivity index (χ4v) is 2.90. The second-order valence-electron chi connectivity index (χ2n) is 5.28. The summed E-state index contributed by atoms with van der Waals surface area (Å²) in [5.74, 6) is -0.107. The van der Waals surface area contributed by atoms with Crippen LogP contribution in [0.3, 0.4) is 0 Å². The Morgan fingerprint density at radius 3 is 2.96 bits per heavy atom. The molecule has 25 heavy (non-hydrogen) atoms. The van der Waals surface area contributed by atoms with Gasteiger partial charge in [-0.2, -0.15) is 10.1 Å². The third-order valence-electron chi connectivity index (χ3n) is 3.77. The Bertz CT molecular complexity index is 892. The molecule has 0 fully saturated rings. The molecule has 0 aliphatic carbocycles. The molecule has 0 spiro atoms. The molecule has 10 heteroatoms. The smallest absolute Gasteiger partial charge is 0.338 e. The molecule has 0 radical (unpaired) electrons. The minimum atomic E-state index is -0.714. The number of nitrogens with one attached hydrogen (secondary N) is 1. The van der Waals surface area contributed by atoms with Crippen LogP contribution in [0.25, 0.3) is 0 Å². The number of carbonyl (C=O) groups is 1. The molecular formula is C15H14ClN5O4. The first kappa shape index (κ1) is 16.9. The molecule has 1 atom stereocenters. The predicted molar refractivity (Wildman–Crippen MR) is 89.2 cm³/mol. The van der Waals surface area contributed by atoms with E-state index in [2.05, 4.69) is 15.4 Å². The van der Waals surface area contributed by atoms with E-state index in [0.29, 0.717) is 22.8 Å². The molecule has 2 aromatic rings. The number of nitro groups is 1. The van der Waals surface area contributed by atoms with Crippen molar-refractivity contribution in [2.24, 2.45) is 0 Å². The number of anilines is 1. The first-order valence-corrected chi connectivity index (χ1v) is 7.80. The van der Waals surface area contributed by atoms with Gasteiger partial charge in [-0.1, -0.05) is 17.7 Å². The van der Waals surface area contributed by atoms with Gasteiger partial charge >= 0.3 is 5.97 Å². The van der Waals surface area contributed by atoms with Crippen molar-refractivity contribution in [1.29, 1.82) is 0 Å². The van der Waals surface area contributed by atoms with E-state index in [1.807, 2.05) is 0 Å². The summed E-state index contributed by atoms with van der Waals surface area (Å²) in [6.07, 6.45) is 1.33. The van der Waals surface area contributed by atoms with Crippen LogP contribution in [0.5, 0.6) is 0 Å². The number of hydrogen-bond acceptors (Lipinski definition) is 7. The quantitative estimate of drug-likeness (QED) is 0.504. The summed E-state index contributed by atoms with van der Waals surface area (Å²) in [7, 11) is 0. The highest BCUT2D eigenvalue weighted by Gasteiger charge is 2.35. The Balaban J connectivity index is 2.18. The number of ether oxygens (including phenoxy) is 1. The number of esters is 1. The van der Waals surface area contributed by atoms with Gasteiger partial charge in [-0.15, -0.1) is 0 Å². The number of hydrogen-bond donors (Lipinski definition) is 1. The van der Waals surface area contributed by atoms with Crippen LogP contribution in [0.15, 0.2) is 35.8 Å². The van der Waals surface area contributed by atoms with Crippen LogP contribution in [0.2, 0.25) is 5.02 Å². The third-order valence-corrected chi connectivity index (χ3v) is 4.09. The maximum Gasteiger partial charge on any atom is 0.338 e. The van der Waals surface area contributed by atoms with Gasteiger partial charge in [0.15, 0.2) is 0 Å². The minimum absolute atomic E-state index is 0.0138. The number of aromatic nitrogens is 3. The van der Waals surface area contributed by atoms with Crippen LogP contribution in [0.1, 0.15) is 25.5 Å². The van der Waals surface area contributed by atoms with Crippen LogP contribution in [-0.2, 0) is 9.53 Å². The van der Waals surface area contributed by atoms with Gasteiger partial charge in [-0.3, -0.25) is 10.1 Å². The van der Waals surface area contributed by atoms with Crippen molar-refractivity contribution >= 4 is 29.2 Å². The molecule has 0 bridgehead atoms. The lowest BCUT2D eigenvalue weighted by Gasteiger charge is -2.28. The number of rotatable bonds is 4. The van der Waals surface area contributed by atoms with E-state index >= 15 is 0 Å². The van der Waals surface area contributed by atoms with Gasteiger partial charge in [0.2, 0.25) is 5.95 Å². The second-order valence-corrected chi connectivity index (χ2v) is 5.69. The SMILES string of the molecule is CCOC(=O)C1=C(C)Nc2ncnn2C1c1ccc(Cl)c([N+](=O)[O-])c1. The van der Waals surface area contributed by atoms with E-state index in [1.54, 1.807) is 19.9 Å². The third kappa shape index (κ3) is 2.93. The van der Waals surface area contributed by atoms with Crippen molar-refractivity contribution in [3.63, 3.8) is 0 Å². The minimum Gasteiger partial charge on any atom is -0.463 e. The van der Waals surface area contributed by atoms with Crippen LogP contribution < -0.4 is 5.32 Å². The maximum atomic E-state index is 12.5. The van der Waals surface area contributed by atoms with Crippen LogP contribution in [0.4, 0.5) is 11.6 Å². The highest BCUT2D eigenvalue weighted by atomic mass is 35.5. The molecule has 0 amide bonds. The molecule has 1 aliphatic heterocycles. The van der Waals surface area contributed by atoms with E-state index in [0.717, 1.165) is 0 Å². The summed E-state index contributed by atoms with van der Waals surface area (Å²) < 4.78 is 6.62. The van der Waals surface area contributed by atoms with Crippen LogP contribution in [0, 0.1) is 10.1 Å². The summed E-state index contributed by atoms with van der Waals surface area (Å²) >= 11 is 5.89. The average Bonchev–Trinajstić information content (AvgIpc) is 3.01. The Hall–Kier alpha value is -2.94. The molecule has 2 heterocycles. The monoisotopic (exact) mass is 363 g/mol. The summed E-state index contributed by atoms with van der Waals surface area (Å²) in [5.41, 5.74) is 1.07. The van der Waals surface area contributed by atoms with Crippen molar-refractivity contribution in [2.45, 2.75) is 19.9 Å². The Labute approximate surface area is 147 Å². The second kappa shape index (κ2) is 6.52. The van der Waals surface area contributed by atoms with E-state index < -0.39 is 16.9 Å². The molecule has 130 valence electrons. The lowest BCUT2D eigenvalue weighted by Crippen LogP contribution is -2.29. The molecule has 9 nitrogen and oxygen atoms in total. The molecule has 1 unspecified atom stereocenters. The molecule has 1 aliphatic rings. The highest BCUT2D eigenvalue weighted by molar-refractivity contribution is 6.32. The van der Waals surface area contributed by atoms with Gasteiger partial charge in [0.25, 0.3) is 5.69 Å². The van der Waals surface area contributed by atoms with Crippen LogP contribution in [-0.4, -0.2) is 32.3 Å². The summed E-state index contributed by atoms with van der Waals surface area (Å²) in [4.78, 5) is 27.2. The Kier molecular flexibility index (Phi) is 4.41. The van der Waals surface area contributed by atoms with Crippen molar-refractivity contribution in [1.82, 2.24) is 14.8 Å².